The lowest BCUT2D eigenvalue weighted by atomic mass is 10.1. The van der Waals surface area contributed by atoms with Crippen LogP contribution >= 0.6 is 0 Å². The number of ether oxygens (including phenoxy) is 3. The molecule has 0 aliphatic heterocycles. The highest BCUT2D eigenvalue weighted by Crippen LogP contribution is 2.25. The summed E-state index contributed by atoms with van der Waals surface area (Å²) in [5.41, 5.74) is 6.99. The number of aromatic nitrogens is 3. The van der Waals surface area contributed by atoms with E-state index in [0.29, 0.717) is 22.7 Å². The first-order valence-electron chi connectivity index (χ1n) is 9.74. The number of benzene rings is 2. The van der Waals surface area contributed by atoms with E-state index in [1.165, 1.54) is 6.92 Å². The fraction of sp³-hybridized carbons (Fsp3) is 0.227. The first kappa shape index (κ1) is 22.5. The van der Waals surface area contributed by atoms with E-state index in [1.807, 2.05) is 12.1 Å². The molecule has 3 N–H and O–H groups in total. The van der Waals surface area contributed by atoms with Crippen LogP contribution in [0.2, 0.25) is 0 Å². The molecule has 0 spiro atoms. The molecule has 0 fully saturated rings. The summed E-state index contributed by atoms with van der Waals surface area (Å²) in [5.74, 6) is 1.04. The fourth-order valence-electron chi connectivity index (χ4n) is 2.68. The lowest BCUT2D eigenvalue weighted by Crippen LogP contribution is -2.13. The van der Waals surface area contributed by atoms with Gasteiger partial charge in [-0.05, 0) is 43.3 Å². The molecule has 3 aromatic rings. The second-order valence-corrected chi connectivity index (χ2v) is 6.60. The van der Waals surface area contributed by atoms with Crippen LogP contribution < -0.4 is 20.5 Å². The van der Waals surface area contributed by atoms with Gasteiger partial charge in [-0.3, -0.25) is 9.59 Å². The molecule has 0 atom stereocenters. The van der Waals surface area contributed by atoms with Crippen LogP contribution in [-0.2, 0) is 16.1 Å². The second-order valence-electron chi connectivity index (χ2n) is 6.60. The summed E-state index contributed by atoms with van der Waals surface area (Å²) in [7, 11) is 1.55. The second kappa shape index (κ2) is 10.7. The largest absolute Gasteiger partial charge is 0.495 e. The van der Waals surface area contributed by atoms with Gasteiger partial charge in [0.05, 0.1) is 25.8 Å². The minimum absolute atomic E-state index is 0.0132. The summed E-state index contributed by atoms with van der Waals surface area (Å²) in [6.07, 6.45) is 0.0291. The van der Waals surface area contributed by atoms with Crippen molar-refractivity contribution in [3.63, 3.8) is 0 Å². The molecule has 10 nitrogen and oxygen atoms in total. The van der Waals surface area contributed by atoms with Crippen molar-refractivity contribution in [2.24, 2.45) is 0 Å². The maximum atomic E-state index is 12.0. The maximum Gasteiger partial charge on any atom is 0.309 e. The Bertz CT molecular complexity index is 1090. The lowest BCUT2D eigenvalue weighted by molar-refractivity contribution is -0.145. The topological polar surface area (TPSA) is 139 Å². The molecule has 10 heteroatoms. The van der Waals surface area contributed by atoms with E-state index in [2.05, 4.69) is 20.3 Å². The molecular formula is C22H23N5O5. The van der Waals surface area contributed by atoms with Gasteiger partial charge < -0.3 is 25.3 Å². The number of carbonyl (C=O) groups is 2. The van der Waals surface area contributed by atoms with Crippen molar-refractivity contribution >= 4 is 29.3 Å². The van der Waals surface area contributed by atoms with Crippen LogP contribution in [0.5, 0.6) is 11.5 Å². The Morgan fingerprint density at radius 1 is 1.03 bits per heavy atom. The van der Waals surface area contributed by atoms with Crippen LogP contribution in [0.25, 0.3) is 0 Å². The van der Waals surface area contributed by atoms with Crippen molar-refractivity contribution in [1.82, 2.24) is 15.0 Å². The van der Waals surface area contributed by atoms with E-state index in [4.69, 9.17) is 19.9 Å². The van der Waals surface area contributed by atoms with Crippen LogP contribution in [0, 0.1) is 0 Å². The number of rotatable bonds is 10. The first-order chi connectivity index (χ1) is 15.4. The number of nitrogens with two attached hydrogens (primary N) is 1. The number of hydrogen-bond donors (Lipinski definition) is 2. The number of nitrogens with zero attached hydrogens (tertiary/aromatic N) is 3. The molecule has 166 valence electrons. The molecule has 0 amide bonds. The molecule has 0 radical (unpaired) electrons. The lowest BCUT2D eigenvalue weighted by Gasteiger charge is -2.11. The highest BCUT2D eigenvalue weighted by Gasteiger charge is 2.11. The molecule has 0 bridgehead atoms. The third-order valence-corrected chi connectivity index (χ3v) is 4.25. The SMILES string of the molecule is COc1ccccc1Nc1nc(N)nc(COC(=O)CCOc2ccc(C(C)=O)cc2)n1. The molecule has 2 aromatic carbocycles. The Morgan fingerprint density at radius 3 is 2.50 bits per heavy atom. The number of nitrogen functional groups attached to an aromatic ring is 1. The number of hydrogen-bond acceptors (Lipinski definition) is 10. The predicted molar refractivity (Wildman–Crippen MR) is 117 cm³/mol. The molecule has 1 aromatic heterocycles. The average molecular weight is 437 g/mol. The first-order valence-corrected chi connectivity index (χ1v) is 9.74. The van der Waals surface area contributed by atoms with Gasteiger partial charge in [0.2, 0.25) is 11.9 Å². The Kier molecular flexibility index (Phi) is 7.52. The van der Waals surface area contributed by atoms with Gasteiger partial charge in [0.15, 0.2) is 18.2 Å². The van der Waals surface area contributed by atoms with Crippen molar-refractivity contribution < 1.29 is 23.8 Å². The number of carbonyl (C=O) groups excluding carboxylic acids is 2. The number of nitrogens with one attached hydrogen (secondary N) is 1. The van der Waals surface area contributed by atoms with Crippen molar-refractivity contribution in [1.29, 1.82) is 0 Å². The molecule has 0 saturated heterocycles. The van der Waals surface area contributed by atoms with Crippen molar-refractivity contribution in [2.45, 2.75) is 20.0 Å². The molecule has 0 aliphatic carbocycles. The summed E-state index contributed by atoms with van der Waals surface area (Å²) < 4.78 is 16.0. The number of methoxy groups -OCH3 is 1. The van der Waals surface area contributed by atoms with Gasteiger partial charge >= 0.3 is 5.97 Å². The molecule has 32 heavy (non-hydrogen) atoms. The Balaban J connectivity index is 1.50. The number of anilines is 3. The molecular weight excluding hydrogens is 414 g/mol. The summed E-state index contributed by atoms with van der Waals surface area (Å²) in [6, 6.07) is 13.9. The number of ketones is 1. The molecule has 3 rings (SSSR count). The zero-order valence-electron chi connectivity index (χ0n) is 17.7. The third-order valence-electron chi connectivity index (χ3n) is 4.25. The van der Waals surface area contributed by atoms with E-state index in [1.54, 1.807) is 43.5 Å². The number of esters is 1. The van der Waals surface area contributed by atoms with E-state index >= 15 is 0 Å². The van der Waals surface area contributed by atoms with Crippen LogP contribution in [0.15, 0.2) is 48.5 Å². The van der Waals surface area contributed by atoms with E-state index in [0.717, 1.165) is 0 Å². The third kappa shape index (κ3) is 6.39. The highest BCUT2D eigenvalue weighted by molar-refractivity contribution is 5.94. The van der Waals surface area contributed by atoms with Gasteiger partial charge in [-0.25, -0.2) is 0 Å². The molecule has 0 unspecified atom stereocenters. The normalized spacial score (nSPS) is 10.3. The van der Waals surface area contributed by atoms with Gasteiger partial charge in [-0.2, -0.15) is 15.0 Å². The van der Waals surface area contributed by atoms with Gasteiger partial charge in [-0.15, -0.1) is 0 Å². The summed E-state index contributed by atoms with van der Waals surface area (Å²) in [5, 5.41) is 3.01. The Morgan fingerprint density at radius 2 is 1.78 bits per heavy atom. The summed E-state index contributed by atoms with van der Waals surface area (Å²) >= 11 is 0. The van der Waals surface area contributed by atoms with Crippen LogP contribution in [0.1, 0.15) is 29.5 Å². The van der Waals surface area contributed by atoms with Crippen molar-refractivity contribution in [2.75, 3.05) is 24.8 Å². The average Bonchev–Trinajstić information content (AvgIpc) is 2.78. The Labute approximate surface area is 184 Å². The maximum absolute atomic E-state index is 12.0. The minimum Gasteiger partial charge on any atom is -0.495 e. The predicted octanol–water partition coefficient (Wildman–Crippen LogP) is 2.92. The zero-order valence-corrected chi connectivity index (χ0v) is 17.7. The van der Waals surface area contributed by atoms with Crippen LogP contribution in [0.4, 0.5) is 17.6 Å². The Hall–Kier alpha value is -4.21. The summed E-state index contributed by atoms with van der Waals surface area (Å²) in [6.45, 7) is 1.45. The van der Waals surface area contributed by atoms with Crippen molar-refractivity contribution in [3.05, 3.63) is 59.9 Å². The highest BCUT2D eigenvalue weighted by atomic mass is 16.5. The van der Waals surface area contributed by atoms with E-state index in [-0.39, 0.29) is 43.1 Å². The smallest absolute Gasteiger partial charge is 0.309 e. The monoisotopic (exact) mass is 437 g/mol. The summed E-state index contributed by atoms with van der Waals surface area (Å²) in [4.78, 5) is 35.5. The quantitative estimate of drug-likeness (QED) is 0.359. The van der Waals surface area contributed by atoms with Crippen molar-refractivity contribution in [3.8, 4) is 11.5 Å². The molecule has 0 aliphatic rings. The molecule has 1 heterocycles. The van der Waals surface area contributed by atoms with Crippen LogP contribution in [-0.4, -0.2) is 40.4 Å². The van der Waals surface area contributed by atoms with E-state index in [9.17, 15) is 9.59 Å². The number of para-hydroxylation sites is 2. The van der Waals surface area contributed by atoms with Gasteiger partial charge in [-0.1, -0.05) is 12.1 Å². The number of Topliss-reactive ketones (excluding diaryl/α,β-unsaturated/α-hetero) is 1. The zero-order chi connectivity index (χ0) is 22.9. The van der Waals surface area contributed by atoms with Gasteiger partial charge in [0.25, 0.3) is 0 Å². The fourth-order valence-corrected chi connectivity index (χ4v) is 2.68. The van der Waals surface area contributed by atoms with Gasteiger partial charge in [0, 0.05) is 5.56 Å². The minimum atomic E-state index is -0.483. The van der Waals surface area contributed by atoms with Crippen LogP contribution in [0.3, 0.4) is 0 Å². The van der Waals surface area contributed by atoms with Gasteiger partial charge in [0.1, 0.15) is 11.5 Å². The van der Waals surface area contributed by atoms with E-state index < -0.39 is 5.97 Å². The molecule has 0 saturated carbocycles. The standard InChI is InChI=1S/C22H23N5O5/c1-14(28)15-7-9-16(10-8-15)31-12-11-20(29)32-13-19-25-21(23)27-22(26-19)24-17-5-3-4-6-18(17)30-2/h3-10H,11-13H2,1-2H3,(H3,23,24,25,26,27).